The van der Waals surface area contributed by atoms with Crippen LogP contribution in [0.3, 0.4) is 0 Å². The lowest BCUT2D eigenvalue weighted by Crippen LogP contribution is -2.54. The van der Waals surface area contributed by atoms with Gasteiger partial charge < -0.3 is 14.6 Å². The number of benzene rings is 3. The maximum absolute atomic E-state index is 13.9. The summed E-state index contributed by atoms with van der Waals surface area (Å²) < 4.78 is 3.94. The average Bonchev–Trinajstić information content (AvgIpc) is 3.14. The number of likely N-dealkylation sites (tertiary alicyclic amines) is 1. The molecule has 2 heterocycles. The highest BCUT2D eigenvalue weighted by Gasteiger charge is 2.36. The van der Waals surface area contributed by atoms with E-state index in [2.05, 4.69) is 69.3 Å². The second-order valence-electron chi connectivity index (χ2n) is 10.1. The van der Waals surface area contributed by atoms with Crippen LogP contribution in [0.1, 0.15) is 41.3 Å². The fraction of sp³-hybridized carbons (Fsp3) is 0.333. The van der Waals surface area contributed by atoms with E-state index in [1.807, 2.05) is 38.3 Å². The molecule has 37 heavy (non-hydrogen) atoms. The second kappa shape index (κ2) is 11.1. The topological polar surface area (TPSA) is 74.2 Å². The van der Waals surface area contributed by atoms with Crippen LogP contribution in [-0.4, -0.2) is 44.7 Å². The Hall–Kier alpha value is -3.16. The summed E-state index contributed by atoms with van der Waals surface area (Å²) in [5.41, 5.74) is 6.69. The van der Waals surface area contributed by atoms with Crippen molar-refractivity contribution in [3.63, 3.8) is 0 Å². The predicted octanol–water partition coefficient (Wildman–Crippen LogP) is 4.96. The molecule has 0 aliphatic carbocycles. The fourth-order valence-electron chi connectivity index (χ4n) is 5.23. The van der Waals surface area contributed by atoms with Crippen molar-refractivity contribution in [2.45, 2.75) is 39.3 Å². The van der Waals surface area contributed by atoms with E-state index in [9.17, 15) is 15.3 Å². The zero-order valence-corrected chi connectivity index (χ0v) is 23.3. The van der Waals surface area contributed by atoms with Gasteiger partial charge in [0.1, 0.15) is 6.04 Å². The molecule has 1 aromatic heterocycles. The largest absolute Gasteiger partial charge is 0.396 e. The van der Waals surface area contributed by atoms with Gasteiger partial charge in [0.25, 0.3) is 0 Å². The Morgan fingerprint density at radius 3 is 2.03 bits per heavy atom. The van der Waals surface area contributed by atoms with E-state index >= 15 is 0 Å². The van der Waals surface area contributed by atoms with E-state index < -0.39 is 6.04 Å². The zero-order valence-electron chi connectivity index (χ0n) is 21.6. The quantitative estimate of drug-likeness (QED) is 0.334. The summed E-state index contributed by atoms with van der Waals surface area (Å²) in [6.45, 7) is 7.45. The van der Waals surface area contributed by atoms with Crippen LogP contribution in [0.5, 0.6) is 0 Å². The maximum atomic E-state index is 13.9. The first-order chi connectivity index (χ1) is 17.4. The molecule has 2 atom stereocenters. The number of aryl methyl sites for hydroxylation is 2. The Morgan fingerprint density at radius 2 is 1.46 bits per heavy atom. The van der Waals surface area contributed by atoms with E-state index in [1.54, 1.807) is 0 Å². The number of halogens is 1. The van der Waals surface area contributed by atoms with Gasteiger partial charge in [-0.25, -0.2) is 0 Å². The molecule has 2 unspecified atom stereocenters. The number of carbonyl (C=O) groups is 1. The number of aromatic nitrogens is 2. The van der Waals surface area contributed by atoms with Crippen molar-refractivity contribution in [2.24, 2.45) is 5.92 Å². The molecule has 4 aromatic rings. The molecule has 0 radical (unpaired) electrons. The lowest BCUT2D eigenvalue weighted by atomic mass is 9.97. The first kappa shape index (κ1) is 26.9. The summed E-state index contributed by atoms with van der Waals surface area (Å²) in [5, 5.41) is 18.8. The van der Waals surface area contributed by atoms with Gasteiger partial charge >= 0.3 is 0 Å². The number of nitrogens with one attached hydrogen (secondary N) is 1. The van der Waals surface area contributed by atoms with Gasteiger partial charge in [-0.1, -0.05) is 71.8 Å². The van der Waals surface area contributed by atoms with Crippen molar-refractivity contribution in [2.75, 3.05) is 19.7 Å². The van der Waals surface area contributed by atoms with Crippen LogP contribution in [0.4, 0.5) is 0 Å². The number of para-hydroxylation sites is 2. The van der Waals surface area contributed by atoms with E-state index in [1.165, 1.54) is 11.1 Å². The minimum Gasteiger partial charge on any atom is -0.396 e. The number of hydrogen-bond acceptors (Lipinski definition) is 3. The van der Waals surface area contributed by atoms with Crippen LogP contribution < -0.4 is 5.62 Å². The lowest BCUT2D eigenvalue weighted by Gasteiger charge is -2.40. The van der Waals surface area contributed by atoms with Gasteiger partial charge in [0.2, 0.25) is 11.5 Å². The summed E-state index contributed by atoms with van der Waals surface area (Å²) in [7, 11) is 0. The van der Waals surface area contributed by atoms with Crippen LogP contribution in [0, 0.1) is 25.2 Å². The second-order valence-corrected chi connectivity index (χ2v) is 10.1. The minimum absolute atomic E-state index is 0. The third kappa shape index (κ3) is 5.15. The number of imidazole rings is 1. The van der Waals surface area contributed by atoms with Crippen molar-refractivity contribution in [1.29, 1.82) is 5.41 Å². The summed E-state index contributed by atoms with van der Waals surface area (Å²) in [5.74, 6) is 0.141. The Bertz CT molecular complexity index is 1430. The van der Waals surface area contributed by atoms with Crippen molar-refractivity contribution < 1.29 is 9.90 Å². The molecular weight excluding hydrogens is 528 g/mol. The summed E-state index contributed by atoms with van der Waals surface area (Å²) in [4.78, 5) is 15.7. The normalized spacial score (nSPS) is 15.2. The number of aliphatic hydroxyl groups is 1. The Balaban J connectivity index is 0.00000320. The summed E-state index contributed by atoms with van der Waals surface area (Å²) in [6, 6.07) is 24.1. The first-order valence-electron chi connectivity index (χ1n) is 12.6. The van der Waals surface area contributed by atoms with Gasteiger partial charge in [-0.15, -0.1) is 17.0 Å². The fourth-order valence-corrected chi connectivity index (χ4v) is 5.23. The number of nitrogens with zero attached hydrogens (tertiary/aromatic N) is 3. The molecule has 3 aromatic carbocycles. The van der Waals surface area contributed by atoms with Crippen molar-refractivity contribution in [3.8, 4) is 0 Å². The maximum Gasteiger partial charge on any atom is 0.246 e. The number of hydrogen-bond donors (Lipinski definition) is 2. The number of amides is 1. The molecule has 0 bridgehead atoms. The first-order valence-corrected chi connectivity index (χ1v) is 12.6. The van der Waals surface area contributed by atoms with E-state index in [-0.39, 0.29) is 41.5 Å². The van der Waals surface area contributed by atoms with Crippen LogP contribution in [0.15, 0.2) is 72.8 Å². The van der Waals surface area contributed by atoms with Gasteiger partial charge in [0, 0.05) is 32.0 Å². The molecular formula is C30H35BrN4O2. The zero-order chi connectivity index (χ0) is 25.4. The van der Waals surface area contributed by atoms with Crippen molar-refractivity contribution in [1.82, 2.24) is 14.0 Å². The summed E-state index contributed by atoms with van der Waals surface area (Å²) >= 11 is 0. The summed E-state index contributed by atoms with van der Waals surface area (Å²) in [6.07, 6.45) is 0.503. The lowest BCUT2D eigenvalue weighted by molar-refractivity contribution is -0.142. The number of aliphatic hydroxyl groups excluding tert-OH is 1. The van der Waals surface area contributed by atoms with Crippen LogP contribution in [0.2, 0.25) is 0 Å². The Labute approximate surface area is 228 Å². The predicted molar refractivity (Wildman–Crippen MR) is 152 cm³/mol. The van der Waals surface area contributed by atoms with Gasteiger partial charge in [-0.2, -0.15) is 0 Å². The molecule has 1 amide bonds. The Morgan fingerprint density at radius 1 is 0.919 bits per heavy atom. The standard InChI is InChI=1S/C30H34N4O2.BrH/c1-20-8-12-23(13-9-20)16-28(29(36)32-17-24(18-32)19-35)34-27-7-5-4-6-26(27)33(30(34)31)22(3)25-14-10-21(2)11-15-25;/h4-15,22,24,28,31,35H,16-19H2,1-3H3;1H. The van der Waals surface area contributed by atoms with Gasteiger partial charge in [0.15, 0.2) is 0 Å². The number of fused-ring (bicyclic) bond motifs is 1. The van der Waals surface area contributed by atoms with Crippen LogP contribution >= 0.6 is 17.0 Å². The van der Waals surface area contributed by atoms with E-state index in [0.717, 1.165) is 22.2 Å². The molecule has 6 nitrogen and oxygen atoms in total. The van der Waals surface area contributed by atoms with Gasteiger partial charge in [-0.05, 0) is 44.0 Å². The molecule has 1 aliphatic rings. The van der Waals surface area contributed by atoms with E-state index in [4.69, 9.17) is 0 Å². The van der Waals surface area contributed by atoms with Crippen molar-refractivity contribution >= 4 is 33.9 Å². The molecule has 0 saturated carbocycles. The third-order valence-corrected chi connectivity index (χ3v) is 7.48. The van der Waals surface area contributed by atoms with Crippen LogP contribution in [0.25, 0.3) is 11.0 Å². The molecule has 7 heteroatoms. The van der Waals surface area contributed by atoms with Gasteiger partial charge in [-0.3, -0.25) is 14.8 Å². The molecule has 2 N–H and O–H groups in total. The van der Waals surface area contributed by atoms with Gasteiger partial charge in [0.05, 0.1) is 17.1 Å². The third-order valence-electron chi connectivity index (χ3n) is 7.48. The molecule has 194 valence electrons. The number of rotatable bonds is 7. The Kier molecular flexibility index (Phi) is 8.05. The molecule has 0 spiro atoms. The molecule has 5 rings (SSSR count). The smallest absolute Gasteiger partial charge is 0.246 e. The minimum atomic E-state index is -0.545. The highest BCUT2D eigenvalue weighted by Crippen LogP contribution is 2.28. The SMILES string of the molecule is Br.Cc1ccc(CC(C(=O)N2CC(CO)C2)n2c(=N)n(C(C)c3ccc(C)cc3)c3ccccc32)cc1. The van der Waals surface area contributed by atoms with E-state index in [0.29, 0.717) is 25.1 Å². The monoisotopic (exact) mass is 562 g/mol. The molecule has 1 saturated heterocycles. The highest BCUT2D eigenvalue weighted by molar-refractivity contribution is 8.93. The molecule has 1 fully saturated rings. The van der Waals surface area contributed by atoms with Crippen LogP contribution in [-0.2, 0) is 11.2 Å². The number of carbonyl (C=O) groups excluding carboxylic acids is 1. The molecule has 1 aliphatic heterocycles. The highest BCUT2D eigenvalue weighted by atomic mass is 79.9. The average molecular weight is 564 g/mol. The van der Waals surface area contributed by atoms with Crippen molar-refractivity contribution in [3.05, 3.63) is 101 Å².